The van der Waals surface area contributed by atoms with Crippen molar-refractivity contribution in [2.45, 2.75) is 13.0 Å². The van der Waals surface area contributed by atoms with Crippen molar-refractivity contribution >= 4 is 5.91 Å². The second-order valence-electron chi connectivity index (χ2n) is 5.40. The van der Waals surface area contributed by atoms with Crippen LogP contribution in [-0.4, -0.2) is 38.1 Å². The van der Waals surface area contributed by atoms with Crippen molar-refractivity contribution < 1.29 is 13.9 Å². The van der Waals surface area contributed by atoms with Gasteiger partial charge in [0, 0.05) is 6.54 Å². The molecule has 0 bridgehead atoms. The monoisotopic (exact) mass is 302 g/mol. The highest BCUT2D eigenvalue weighted by atomic mass is 16.5. The third kappa shape index (κ3) is 4.63. The van der Waals surface area contributed by atoms with Gasteiger partial charge in [-0.05, 0) is 45.3 Å². The summed E-state index contributed by atoms with van der Waals surface area (Å²) in [7, 11) is 3.89. The van der Waals surface area contributed by atoms with Crippen LogP contribution >= 0.6 is 0 Å². The van der Waals surface area contributed by atoms with Gasteiger partial charge in [0.25, 0.3) is 5.91 Å². The molecule has 5 heteroatoms. The number of nitrogens with one attached hydrogen (secondary N) is 1. The zero-order valence-electron chi connectivity index (χ0n) is 13.2. The predicted octanol–water partition coefficient (Wildman–Crippen LogP) is 2.39. The molecule has 0 saturated heterocycles. The molecule has 5 nitrogen and oxygen atoms in total. The van der Waals surface area contributed by atoms with E-state index in [0.717, 1.165) is 11.3 Å². The van der Waals surface area contributed by atoms with Crippen molar-refractivity contribution in [1.82, 2.24) is 10.2 Å². The van der Waals surface area contributed by atoms with E-state index in [-0.39, 0.29) is 18.6 Å². The number of carbonyl (C=O) groups is 1. The molecule has 0 saturated carbocycles. The molecule has 1 N–H and O–H groups in total. The first-order valence-electron chi connectivity index (χ1n) is 7.22. The number of likely N-dealkylation sites (N-methyl/N-ethyl adjacent to an activating group) is 1. The number of hydrogen-bond acceptors (Lipinski definition) is 4. The Bertz CT molecular complexity index is 576. The number of rotatable bonds is 7. The van der Waals surface area contributed by atoms with Crippen LogP contribution in [-0.2, 0) is 4.79 Å². The SMILES string of the molecule is Cc1ccc(OCC(=O)NC[C@@H](c2ccco2)N(C)C)cc1. The molecule has 0 unspecified atom stereocenters. The predicted molar refractivity (Wildman–Crippen MR) is 84.8 cm³/mol. The minimum absolute atomic E-state index is 0.00135. The van der Waals surface area contributed by atoms with Crippen LogP contribution in [0.15, 0.2) is 47.1 Å². The number of furan rings is 1. The van der Waals surface area contributed by atoms with Gasteiger partial charge in [-0.2, -0.15) is 0 Å². The lowest BCUT2D eigenvalue weighted by Gasteiger charge is -2.22. The molecular weight excluding hydrogens is 280 g/mol. The number of amides is 1. The first-order chi connectivity index (χ1) is 10.6. The summed E-state index contributed by atoms with van der Waals surface area (Å²) in [4.78, 5) is 13.9. The van der Waals surface area contributed by atoms with Gasteiger partial charge in [0.1, 0.15) is 11.5 Å². The molecule has 1 atom stereocenters. The van der Waals surface area contributed by atoms with Crippen LogP contribution in [0.4, 0.5) is 0 Å². The molecule has 118 valence electrons. The molecule has 0 aliphatic rings. The van der Waals surface area contributed by atoms with Crippen molar-refractivity contribution in [2.75, 3.05) is 27.2 Å². The fraction of sp³-hybridized carbons (Fsp3) is 0.353. The summed E-state index contributed by atoms with van der Waals surface area (Å²) in [5.74, 6) is 1.36. The minimum atomic E-state index is -0.154. The molecule has 1 aromatic carbocycles. The van der Waals surface area contributed by atoms with Gasteiger partial charge >= 0.3 is 0 Å². The third-order valence-electron chi connectivity index (χ3n) is 3.38. The largest absolute Gasteiger partial charge is 0.484 e. The Balaban J connectivity index is 1.80. The van der Waals surface area contributed by atoms with E-state index >= 15 is 0 Å². The van der Waals surface area contributed by atoms with E-state index in [4.69, 9.17) is 9.15 Å². The number of ether oxygens (including phenoxy) is 1. The molecule has 0 aliphatic heterocycles. The molecule has 0 spiro atoms. The standard InChI is InChI=1S/C17H22N2O3/c1-13-6-8-14(9-7-13)22-12-17(20)18-11-15(19(2)3)16-5-4-10-21-16/h4-10,15H,11-12H2,1-3H3,(H,18,20)/t15-/m0/s1. The first-order valence-corrected chi connectivity index (χ1v) is 7.22. The maximum Gasteiger partial charge on any atom is 0.258 e. The summed E-state index contributed by atoms with van der Waals surface area (Å²) >= 11 is 0. The number of carbonyl (C=O) groups excluding carboxylic acids is 1. The van der Waals surface area contributed by atoms with E-state index in [0.29, 0.717) is 12.3 Å². The zero-order valence-corrected chi connectivity index (χ0v) is 13.2. The Morgan fingerprint density at radius 3 is 2.59 bits per heavy atom. The Kier molecular flexibility index (Phi) is 5.61. The summed E-state index contributed by atoms with van der Waals surface area (Å²) in [6.45, 7) is 2.48. The molecule has 0 radical (unpaired) electrons. The van der Waals surface area contributed by atoms with Gasteiger partial charge < -0.3 is 14.5 Å². The van der Waals surface area contributed by atoms with Crippen LogP contribution < -0.4 is 10.1 Å². The summed E-state index contributed by atoms with van der Waals surface area (Å²) in [6.07, 6.45) is 1.63. The first kappa shape index (κ1) is 16.1. The molecule has 1 amide bonds. The third-order valence-corrected chi connectivity index (χ3v) is 3.38. The van der Waals surface area contributed by atoms with Crippen molar-refractivity contribution in [2.24, 2.45) is 0 Å². The number of nitrogens with zero attached hydrogens (tertiary/aromatic N) is 1. The molecule has 1 aromatic heterocycles. The van der Waals surface area contributed by atoms with Crippen molar-refractivity contribution in [3.8, 4) is 5.75 Å². The molecule has 0 fully saturated rings. The van der Waals surface area contributed by atoms with Gasteiger partial charge in [0.05, 0.1) is 12.3 Å². The van der Waals surface area contributed by atoms with Gasteiger partial charge in [-0.3, -0.25) is 9.69 Å². The Labute approximate surface area is 130 Å². The van der Waals surface area contributed by atoms with Crippen molar-refractivity contribution in [3.05, 3.63) is 54.0 Å². The van der Waals surface area contributed by atoms with Gasteiger partial charge in [-0.25, -0.2) is 0 Å². The Morgan fingerprint density at radius 2 is 2.00 bits per heavy atom. The Hall–Kier alpha value is -2.27. The molecule has 1 heterocycles. The lowest BCUT2D eigenvalue weighted by Crippen LogP contribution is -2.36. The van der Waals surface area contributed by atoms with E-state index in [1.807, 2.05) is 62.3 Å². The second-order valence-corrected chi connectivity index (χ2v) is 5.40. The lowest BCUT2D eigenvalue weighted by molar-refractivity contribution is -0.123. The van der Waals surface area contributed by atoms with Crippen LogP contribution in [0.3, 0.4) is 0 Å². The summed E-state index contributed by atoms with van der Waals surface area (Å²) < 4.78 is 10.9. The quantitative estimate of drug-likeness (QED) is 0.853. The van der Waals surface area contributed by atoms with Gasteiger partial charge in [0.2, 0.25) is 0 Å². The average Bonchev–Trinajstić information content (AvgIpc) is 3.00. The van der Waals surface area contributed by atoms with E-state index in [1.165, 1.54) is 0 Å². The average molecular weight is 302 g/mol. The van der Waals surface area contributed by atoms with E-state index in [9.17, 15) is 4.79 Å². The minimum Gasteiger partial charge on any atom is -0.484 e. The van der Waals surface area contributed by atoms with Crippen molar-refractivity contribution in [1.29, 1.82) is 0 Å². The fourth-order valence-electron chi connectivity index (χ4n) is 2.06. The van der Waals surface area contributed by atoms with E-state index in [1.54, 1.807) is 6.26 Å². The van der Waals surface area contributed by atoms with Gasteiger partial charge in [0.15, 0.2) is 6.61 Å². The van der Waals surface area contributed by atoms with E-state index < -0.39 is 0 Å². The molecule has 2 rings (SSSR count). The maximum absolute atomic E-state index is 11.9. The van der Waals surface area contributed by atoms with Crippen LogP contribution in [0.1, 0.15) is 17.4 Å². The Morgan fingerprint density at radius 1 is 1.27 bits per heavy atom. The van der Waals surface area contributed by atoms with Crippen molar-refractivity contribution in [3.63, 3.8) is 0 Å². The highest BCUT2D eigenvalue weighted by Gasteiger charge is 2.17. The molecule has 0 aliphatic carbocycles. The van der Waals surface area contributed by atoms with Gasteiger partial charge in [-0.1, -0.05) is 17.7 Å². The fourth-order valence-corrected chi connectivity index (χ4v) is 2.06. The van der Waals surface area contributed by atoms with Gasteiger partial charge in [-0.15, -0.1) is 0 Å². The van der Waals surface area contributed by atoms with Crippen LogP contribution in [0, 0.1) is 6.92 Å². The lowest BCUT2D eigenvalue weighted by atomic mass is 10.2. The van der Waals surface area contributed by atoms with E-state index in [2.05, 4.69) is 5.32 Å². The molecular formula is C17H22N2O3. The number of hydrogen-bond donors (Lipinski definition) is 1. The summed E-state index contributed by atoms with van der Waals surface area (Å²) in [6, 6.07) is 11.4. The molecule has 2 aromatic rings. The van der Waals surface area contributed by atoms with Crippen LogP contribution in [0.5, 0.6) is 5.75 Å². The topological polar surface area (TPSA) is 54.7 Å². The smallest absolute Gasteiger partial charge is 0.258 e. The summed E-state index contributed by atoms with van der Waals surface area (Å²) in [5.41, 5.74) is 1.16. The summed E-state index contributed by atoms with van der Waals surface area (Å²) in [5, 5.41) is 2.87. The van der Waals surface area contributed by atoms with Crippen LogP contribution in [0.2, 0.25) is 0 Å². The number of aryl methyl sites for hydroxylation is 1. The highest BCUT2D eigenvalue weighted by Crippen LogP contribution is 2.17. The molecule has 22 heavy (non-hydrogen) atoms. The van der Waals surface area contributed by atoms with Crippen LogP contribution in [0.25, 0.3) is 0 Å². The normalized spacial score (nSPS) is 12.2. The zero-order chi connectivity index (χ0) is 15.9. The maximum atomic E-state index is 11.9. The highest BCUT2D eigenvalue weighted by molar-refractivity contribution is 5.77. The second kappa shape index (κ2) is 7.66. The number of benzene rings is 1.